The van der Waals surface area contributed by atoms with Gasteiger partial charge in [-0.2, -0.15) is 5.10 Å². The fraction of sp³-hybridized carbons (Fsp3) is 0.769. The molecule has 2 heterocycles. The van der Waals surface area contributed by atoms with E-state index in [1.54, 1.807) is 0 Å². The smallest absolute Gasteiger partial charge is 0.131 e. The van der Waals surface area contributed by atoms with Crippen LogP contribution in [0.4, 0.5) is 5.82 Å². The number of anilines is 1. The normalized spacial score (nSPS) is 20.8. The molecule has 0 amide bonds. The first-order valence-electron chi connectivity index (χ1n) is 6.54. The van der Waals surface area contributed by atoms with Crippen LogP contribution < -0.4 is 4.90 Å². The van der Waals surface area contributed by atoms with Crippen molar-refractivity contribution in [1.29, 1.82) is 0 Å². The standard InChI is InChI=1S/C13H23ClN4/c1-10-12(8-14)13(17(4)15-10)18-7-5-6-11(9-18)16(2)3/h11H,5-9H2,1-4H3. The second-order valence-corrected chi connectivity index (χ2v) is 5.62. The van der Waals surface area contributed by atoms with Crippen LogP contribution in [0.1, 0.15) is 24.1 Å². The minimum absolute atomic E-state index is 0.540. The molecule has 0 aromatic carbocycles. The van der Waals surface area contributed by atoms with Crippen molar-refractivity contribution in [2.24, 2.45) is 7.05 Å². The highest BCUT2D eigenvalue weighted by atomic mass is 35.5. The summed E-state index contributed by atoms with van der Waals surface area (Å²) in [7, 11) is 6.33. The Kier molecular flexibility index (Phi) is 4.17. The van der Waals surface area contributed by atoms with Crippen molar-refractivity contribution < 1.29 is 0 Å². The fourth-order valence-corrected chi connectivity index (χ4v) is 3.12. The molecule has 1 aromatic heterocycles. The molecule has 102 valence electrons. The molecule has 1 atom stereocenters. The van der Waals surface area contributed by atoms with Crippen molar-refractivity contribution in [2.75, 3.05) is 32.1 Å². The predicted molar refractivity (Wildman–Crippen MR) is 76.4 cm³/mol. The Hall–Kier alpha value is -0.740. The van der Waals surface area contributed by atoms with E-state index < -0.39 is 0 Å². The number of rotatable bonds is 3. The van der Waals surface area contributed by atoms with Crippen molar-refractivity contribution in [3.8, 4) is 0 Å². The van der Waals surface area contributed by atoms with Crippen LogP contribution in [-0.4, -0.2) is 47.9 Å². The van der Waals surface area contributed by atoms with Gasteiger partial charge in [-0.1, -0.05) is 0 Å². The molecule has 0 N–H and O–H groups in total. The molecule has 0 bridgehead atoms. The zero-order valence-electron chi connectivity index (χ0n) is 11.8. The molecule has 1 fully saturated rings. The summed E-state index contributed by atoms with van der Waals surface area (Å²) in [5.74, 6) is 1.74. The molecule has 1 unspecified atom stereocenters. The number of aryl methyl sites for hydroxylation is 2. The summed E-state index contributed by atoms with van der Waals surface area (Å²) < 4.78 is 1.98. The first kappa shape index (κ1) is 13.7. The molecule has 2 rings (SSSR count). The number of piperidine rings is 1. The summed E-state index contributed by atoms with van der Waals surface area (Å²) in [6.45, 7) is 4.21. The Labute approximate surface area is 115 Å². The van der Waals surface area contributed by atoms with E-state index in [0.717, 1.165) is 18.8 Å². The van der Waals surface area contributed by atoms with Gasteiger partial charge in [-0.3, -0.25) is 4.68 Å². The van der Waals surface area contributed by atoms with Gasteiger partial charge in [0.25, 0.3) is 0 Å². The monoisotopic (exact) mass is 270 g/mol. The number of aromatic nitrogens is 2. The van der Waals surface area contributed by atoms with Crippen LogP contribution in [0.5, 0.6) is 0 Å². The van der Waals surface area contributed by atoms with Gasteiger partial charge in [0.1, 0.15) is 5.82 Å². The number of alkyl halides is 1. The number of hydrogen-bond donors (Lipinski definition) is 0. The minimum atomic E-state index is 0.540. The maximum absolute atomic E-state index is 6.08. The van der Waals surface area contributed by atoms with Crippen LogP contribution in [0.2, 0.25) is 0 Å². The van der Waals surface area contributed by atoms with Crippen molar-refractivity contribution in [3.05, 3.63) is 11.3 Å². The van der Waals surface area contributed by atoms with Crippen molar-refractivity contribution in [2.45, 2.75) is 31.7 Å². The van der Waals surface area contributed by atoms with Crippen molar-refractivity contribution in [1.82, 2.24) is 14.7 Å². The van der Waals surface area contributed by atoms with Gasteiger partial charge in [-0.25, -0.2) is 0 Å². The molecule has 5 heteroatoms. The van der Waals surface area contributed by atoms with Crippen molar-refractivity contribution in [3.63, 3.8) is 0 Å². The molecule has 1 aliphatic rings. The van der Waals surface area contributed by atoms with E-state index in [1.165, 1.54) is 24.2 Å². The van der Waals surface area contributed by atoms with Gasteiger partial charge in [0.05, 0.1) is 11.6 Å². The Bertz CT molecular complexity index is 413. The maximum atomic E-state index is 6.08. The summed E-state index contributed by atoms with van der Waals surface area (Å²) in [6.07, 6.45) is 2.51. The topological polar surface area (TPSA) is 24.3 Å². The molecule has 18 heavy (non-hydrogen) atoms. The zero-order chi connectivity index (χ0) is 13.3. The van der Waals surface area contributed by atoms with E-state index in [1.807, 2.05) is 18.7 Å². The Balaban J connectivity index is 2.25. The second-order valence-electron chi connectivity index (χ2n) is 5.35. The third kappa shape index (κ3) is 2.50. The van der Waals surface area contributed by atoms with Gasteiger partial charge in [-0.15, -0.1) is 11.6 Å². The third-order valence-corrected chi connectivity index (χ3v) is 4.14. The van der Waals surface area contributed by atoms with Crippen LogP contribution >= 0.6 is 11.6 Å². The number of hydrogen-bond acceptors (Lipinski definition) is 3. The maximum Gasteiger partial charge on any atom is 0.131 e. The van der Waals surface area contributed by atoms with Crippen molar-refractivity contribution >= 4 is 17.4 Å². The van der Waals surface area contributed by atoms with Crippen LogP contribution in [-0.2, 0) is 12.9 Å². The molecule has 1 saturated heterocycles. The lowest BCUT2D eigenvalue weighted by Crippen LogP contribution is -2.46. The first-order valence-corrected chi connectivity index (χ1v) is 7.07. The van der Waals surface area contributed by atoms with Gasteiger partial charge in [0, 0.05) is 31.7 Å². The molecular weight excluding hydrogens is 248 g/mol. The lowest BCUT2D eigenvalue weighted by atomic mass is 10.0. The number of halogens is 1. The zero-order valence-corrected chi connectivity index (χ0v) is 12.5. The quantitative estimate of drug-likeness (QED) is 0.786. The van der Waals surface area contributed by atoms with E-state index >= 15 is 0 Å². The number of likely N-dealkylation sites (N-methyl/N-ethyl adjacent to an activating group) is 1. The second kappa shape index (κ2) is 5.49. The summed E-state index contributed by atoms with van der Waals surface area (Å²) in [4.78, 5) is 4.75. The largest absolute Gasteiger partial charge is 0.355 e. The summed E-state index contributed by atoms with van der Waals surface area (Å²) in [5.41, 5.74) is 2.23. The predicted octanol–water partition coefficient (Wildman–Crippen LogP) is 2.00. The Morgan fingerprint density at radius 1 is 1.44 bits per heavy atom. The van der Waals surface area contributed by atoms with Gasteiger partial charge in [-0.05, 0) is 33.9 Å². The van der Waals surface area contributed by atoms with Crippen LogP contribution in [0.25, 0.3) is 0 Å². The Morgan fingerprint density at radius 2 is 2.17 bits per heavy atom. The van der Waals surface area contributed by atoms with E-state index in [-0.39, 0.29) is 0 Å². The highest BCUT2D eigenvalue weighted by Gasteiger charge is 2.26. The lowest BCUT2D eigenvalue weighted by Gasteiger charge is -2.37. The van der Waals surface area contributed by atoms with Gasteiger partial charge >= 0.3 is 0 Å². The van der Waals surface area contributed by atoms with Gasteiger partial charge < -0.3 is 9.80 Å². The molecule has 1 aliphatic heterocycles. The van der Waals surface area contributed by atoms with E-state index in [0.29, 0.717) is 11.9 Å². The highest BCUT2D eigenvalue weighted by molar-refractivity contribution is 6.17. The van der Waals surface area contributed by atoms with E-state index in [2.05, 4.69) is 29.0 Å². The van der Waals surface area contributed by atoms with Crippen LogP contribution in [0, 0.1) is 6.92 Å². The molecule has 0 aliphatic carbocycles. The average Bonchev–Trinajstić information content (AvgIpc) is 2.63. The van der Waals surface area contributed by atoms with Crippen LogP contribution in [0.3, 0.4) is 0 Å². The third-order valence-electron chi connectivity index (χ3n) is 3.87. The summed E-state index contributed by atoms with van der Waals surface area (Å²) in [5, 5.41) is 4.50. The summed E-state index contributed by atoms with van der Waals surface area (Å²) >= 11 is 6.08. The highest BCUT2D eigenvalue weighted by Crippen LogP contribution is 2.28. The van der Waals surface area contributed by atoms with Crippen LogP contribution in [0.15, 0.2) is 0 Å². The molecule has 0 radical (unpaired) electrons. The van der Waals surface area contributed by atoms with Gasteiger partial charge in [0.2, 0.25) is 0 Å². The minimum Gasteiger partial charge on any atom is -0.355 e. The lowest BCUT2D eigenvalue weighted by molar-refractivity contribution is 0.257. The Morgan fingerprint density at radius 3 is 2.78 bits per heavy atom. The van der Waals surface area contributed by atoms with E-state index in [9.17, 15) is 0 Å². The summed E-state index contributed by atoms with van der Waals surface area (Å²) in [6, 6.07) is 0.622. The van der Waals surface area contributed by atoms with Gasteiger partial charge in [0.15, 0.2) is 0 Å². The molecule has 4 nitrogen and oxygen atoms in total. The molecule has 0 spiro atoms. The van der Waals surface area contributed by atoms with E-state index in [4.69, 9.17) is 11.6 Å². The molecule has 0 saturated carbocycles. The molecular formula is C13H23ClN4. The first-order chi connectivity index (χ1) is 8.54. The average molecular weight is 271 g/mol. The SMILES string of the molecule is Cc1nn(C)c(N2CCCC(N(C)C)C2)c1CCl. The number of nitrogens with zero attached hydrogens (tertiary/aromatic N) is 4. The molecule has 1 aromatic rings. The fourth-order valence-electron chi connectivity index (χ4n) is 2.81.